The van der Waals surface area contributed by atoms with E-state index in [9.17, 15) is 14.0 Å². The molecule has 1 aliphatic rings. The highest BCUT2D eigenvalue weighted by Gasteiger charge is 2.28. The highest BCUT2D eigenvalue weighted by atomic mass is 19.1. The first-order valence-electron chi connectivity index (χ1n) is 10.2. The van der Waals surface area contributed by atoms with Crippen molar-refractivity contribution in [3.05, 3.63) is 105 Å². The summed E-state index contributed by atoms with van der Waals surface area (Å²) in [5.41, 5.74) is 3.07. The second-order valence-corrected chi connectivity index (χ2v) is 7.86. The molecule has 6 heteroatoms. The molecule has 0 radical (unpaired) electrons. The van der Waals surface area contributed by atoms with Crippen LogP contribution in [-0.2, 0) is 19.5 Å². The summed E-state index contributed by atoms with van der Waals surface area (Å²) in [5.74, 6) is -0.174. The van der Waals surface area contributed by atoms with Crippen LogP contribution in [0, 0.1) is 12.7 Å². The van der Waals surface area contributed by atoms with Crippen molar-refractivity contribution in [2.45, 2.75) is 26.4 Å². The van der Waals surface area contributed by atoms with Crippen LogP contribution in [0.3, 0.4) is 0 Å². The number of aromatic nitrogens is 1. The van der Waals surface area contributed by atoms with Crippen molar-refractivity contribution in [3.8, 4) is 0 Å². The van der Waals surface area contributed by atoms with E-state index in [4.69, 9.17) is 4.42 Å². The van der Waals surface area contributed by atoms with Gasteiger partial charge >= 0.3 is 0 Å². The molecule has 0 unspecified atom stereocenters. The molecule has 0 saturated heterocycles. The van der Waals surface area contributed by atoms with Crippen LogP contribution in [0.2, 0.25) is 0 Å². The predicted molar refractivity (Wildman–Crippen MR) is 116 cm³/mol. The van der Waals surface area contributed by atoms with E-state index >= 15 is 0 Å². The van der Waals surface area contributed by atoms with E-state index in [0.29, 0.717) is 35.6 Å². The highest BCUT2D eigenvalue weighted by Crippen LogP contribution is 2.27. The zero-order valence-corrected chi connectivity index (χ0v) is 17.1. The van der Waals surface area contributed by atoms with E-state index in [1.165, 1.54) is 16.2 Å². The molecule has 0 N–H and O–H groups in total. The van der Waals surface area contributed by atoms with E-state index in [0.717, 1.165) is 12.0 Å². The van der Waals surface area contributed by atoms with E-state index in [-0.39, 0.29) is 29.2 Å². The second kappa shape index (κ2) is 7.54. The van der Waals surface area contributed by atoms with Crippen molar-refractivity contribution >= 4 is 16.9 Å². The fraction of sp³-hybridized carbons (Fsp3) is 0.200. The molecule has 0 aliphatic carbocycles. The molecule has 0 saturated carbocycles. The lowest BCUT2D eigenvalue weighted by Gasteiger charge is -2.28. The van der Waals surface area contributed by atoms with Gasteiger partial charge in [0.15, 0.2) is 0 Å². The molecule has 1 aliphatic heterocycles. The van der Waals surface area contributed by atoms with E-state index in [1.54, 1.807) is 42.3 Å². The van der Waals surface area contributed by atoms with Gasteiger partial charge in [-0.15, -0.1) is 0 Å². The van der Waals surface area contributed by atoms with Crippen LogP contribution in [0.4, 0.5) is 4.39 Å². The Morgan fingerprint density at radius 2 is 1.81 bits per heavy atom. The average molecular weight is 416 g/mol. The van der Waals surface area contributed by atoms with Gasteiger partial charge in [0.25, 0.3) is 11.5 Å². The lowest BCUT2D eigenvalue weighted by Crippen LogP contribution is -2.36. The first kappa shape index (κ1) is 19.3. The number of benzene rings is 2. The molecule has 156 valence electrons. The Balaban J connectivity index is 1.55. The van der Waals surface area contributed by atoms with Gasteiger partial charge in [-0.2, -0.15) is 0 Å². The Morgan fingerprint density at radius 1 is 1.06 bits per heavy atom. The van der Waals surface area contributed by atoms with Gasteiger partial charge in [-0.1, -0.05) is 42.5 Å². The maximum Gasteiger partial charge on any atom is 0.262 e. The third-order valence-electron chi connectivity index (χ3n) is 5.92. The molecule has 0 atom stereocenters. The normalized spacial score (nSPS) is 13.4. The Hall–Kier alpha value is -3.67. The molecular formula is C25H21FN2O3. The first-order valence-corrected chi connectivity index (χ1v) is 10.2. The van der Waals surface area contributed by atoms with Crippen LogP contribution in [0.5, 0.6) is 0 Å². The van der Waals surface area contributed by atoms with Crippen molar-refractivity contribution in [1.29, 1.82) is 0 Å². The molecule has 2 aromatic carbocycles. The van der Waals surface area contributed by atoms with Gasteiger partial charge in [-0.25, -0.2) is 4.39 Å². The maximum absolute atomic E-state index is 14.1. The van der Waals surface area contributed by atoms with Gasteiger partial charge in [0.05, 0.1) is 17.5 Å². The third kappa shape index (κ3) is 3.34. The summed E-state index contributed by atoms with van der Waals surface area (Å²) in [6, 6.07) is 16.1. The minimum absolute atomic E-state index is 0.0798. The van der Waals surface area contributed by atoms with Gasteiger partial charge in [0, 0.05) is 24.8 Å². The van der Waals surface area contributed by atoms with Gasteiger partial charge in [0.2, 0.25) is 0 Å². The minimum Gasteiger partial charge on any atom is -0.460 e. The lowest BCUT2D eigenvalue weighted by atomic mass is 9.99. The zero-order valence-electron chi connectivity index (χ0n) is 17.1. The standard InChI is InChI=1S/C25H21FN2O3/c1-16-22(24(29)27-12-10-17-6-2-3-7-18(17)14-27)23-21(31-16)11-13-28(25(23)30)15-19-8-4-5-9-20(19)26/h2-9,11,13H,10,12,14-15H2,1H3. The molecule has 4 aromatic rings. The summed E-state index contributed by atoms with van der Waals surface area (Å²) >= 11 is 0. The van der Waals surface area contributed by atoms with Crippen molar-refractivity contribution in [1.82, 2.24) is 9.47 Å². The Kier molecular flexibility index (Phi) is 4.70. The van der Waals surface area contributed by atoms with Crippen LogP contribution in [0.25, 0.3) is 11.0 Å². The molecular weight excluding hydrogens is 395 g/mol. The van der Waals surface area contributed by atoms with Crippen molar-refractivity contribution < 1.29 is 13.6 Å². The van der Waals surface area contributed by atoms with Crippen molar-refractivity contribution in [2.24, 2.45) is 0 Å². The van der Waals surface area contributed by atoms with E-state index in [1.807, 2.05) is 18.2 Å². The largest absolute Gasteiger partial charge is 0.460 e. The summed E-state index contributed by atoms with van der Waals surface area (Å²) in [7, 11) is 0. The number of carbonyl (C=O) groups excluding carboxylic acids is 1. The highest BCUT2D eigenvalue weighted by molar-refractivity contribution is 6.07. The molecule has 2 aromatic heterocycles. The van der Waals surface area contributed by atoms with E-state index in [2.05, 4.69) is 6.07 Å². The SMILES string of the molecule is Cc1oc2ccn(Cc3ccccc3F)c(=O)c2c1C(=O)N1CCc2ccccc2C1. The number of hydrogen-bond donors (Lipinski definition) is 0. The Bertz CT molecular complexity index is 1370. The molecule has 31 heavy (non-hydrogen) atoms. The number of furan rings is 1. The number of halogens is 1. The molecule has 3 heterocycles. The smallest absolute Gasteiger partial charge is 0.262 e. The number of aryl methyl sites for hydroxylation is 1. The van der Waals surface area contributed by atoms with Crippen LogP contribution < -0.4 is 5.56 Å². The van der Waals surface area contributed by atoms with Crippen LogP contribution in [-0.4, -0.2) is 21.9 Å². The fourth-order valence-electron chi connectivity index (χ4n) is 4.28. The first-order chi connectivity index (χ1) is 15.0. The second-order valence-electron chi connectivity index (χ2n) is 7.86. The Morgan fingerprint density at radius 3 is 2.61 bits per heavy atom. The summed E-state index contributed by atoms with van der Waals surface area (Å²) in [6.07, 6.45) is 2.35. The number of rotatable bonds is 3. The molecule has 5 rings (SSSR count). The summed E-state index contributed by atoms with van der Waals surface area (Å²) < 4.78 is 21.3. The van der Waals surface area contributed by atoms with Crippen LogP contribution in [0.1, 0.15) is 32.8 Å². The number of nitrogens with zero attached hydrogens (tertiary/aromatic N) is 2. The molecule has 0 spiro atoms. The van der Waals surface area contributed by atoms with Crippen molar-refractivity contribution in [2.75, 3.05) is 6.54 Å². The zero-order chi connectivity index (χ0) is 21.5. The molecule has 0 bridgehead atoms. The number of hydrogen-bond acceptors (Lipinski definition) is 3. The van der Waals surface area contributed by atoms with Gasteiger partial charge in [0.1, 0.15) is 17.2 Å². The minimum atomic E-state index is -0.374. The summed E-state index contributed by atoms with van der Waals surface area (Å²) in [6.45, 7) is 2.86. The number of amides is 1. The fourth-order valence-corrected chi connectivity index (χ4v) is 4.28. The van der Waals surface area contributed by atoms with Gasteiger partial charge in [-0.3, -0.25) is 9.59 Å². The van der Waals surface area contributed by atoms with Gasteiger partial charge in [-0.05, 0) is 36.6 Å². The van der Waals surface area contributed by atoms with Crippen LogP contribution >= 0.6 is 0 Å². The Labute approximate surface area is 178 Å². The van der Waals surface area contributed by atoms with Crippen molar-refractivity contribution in [3.63, 3.8) is 0 Å². The maximum atomic E-state index is 14.1. The topological polar surface area (TPSA) is 55.5 Å². The number of fused-ring (bicyclic) bond motifs is 2. The molecule has 5 nitrogen and oxygen atoms in total. The lowest BCUT2D eigenvalue weighted by molar-refractivity contribution is 0.0734. The van der Waals surface area contributed by atoms with Gasteiger partial charge < -0.3 is 13.9 Å². The third-order valence-corrected chi connectivity index (χ3v) is 5.92. The number of carbonyl (C=O) groups is 1. The molecule has 0 fully saturated rings. The monoisotopic (exact) mass is 416 g/mol. The summed E-state index contributed by atoms with van der Waals surface area (Å²) in [4.78, 5) is 28.5. The summed E-state index contributed by atoms with van der Waals surface area (Å²) in [5, 5.41) is 0.250. The average Bonchev–Trinajstić information content (AvgIpc) is 3.13. The number of pyridine rings is 1. The molecule has 1 amide bonds. The van der Waals surface area contributed by atoms with Crippen LogP contribution in [0.15, 0.2) is 70.0 Å². The van der Waals surface area contributed by atoms with E-state index < -0.39 is 0 Å². The predicted octanol–water partition coefficient (Wildman–Crippen LogP) is 4.29. The quantitative estimate of drug-likeness (QED) is 0.501.